The van der Waals surface area contributed by atoms with Crippen LogP contribution in [0.25, 0.3) is 0 Å². The van der Waals surface area contributed by atoms with Gasteiger partial charge in [0, 0.05) is 38.8 Å². The molecule has 1 atom stereocenters. The van der Waals surface area contributed by atoms with E-state index in [-0.39, 0.29) is 36.6 Å². The highest BCUT2D eigenvalue weighted by atomic mass is 127. The third-order valence-electron chi connectivity index (χ3n) is 5.30. The molecule has 1 saturated heterocycles. The molecule has 0 aromatic heterocycles. The first-order chi connectivity index (χ1) is 15.1. The summed E-state index contributed by atoms with van der Waals surface area (Å²) in [7, 11) is 3.34. The lowest BCUT2D eigenvalue weighted by molar-refractivity contribution is 0.0170. The summed E-state index contributed by atoms with van der Waals surface area (Å²) < 4.78 is 24.9. The molecule has 2 N–H and O–H groups in total. The Balaban J connectivity index is 0.00000363. The maximum absolute atomic E-state index is 14.2. The number of hydrogen-bond donors (Lipinski definition) is 2. The zero-order valence-electron chi connectivity index (χ0n) is 18.3. The van der Waals surface area contributed by atoms with Gasteiger partial charge >= 0.3 is 0 Å². The number of aliphatic imine (C=N–C) groups is 1. The standard InChI is InChI=1S/C23H28FN5O2.HI/c1-26-23(27-15-19-4-3-17(14-25)13-21(19)24)28-16-22(29-9-11-31-12-10-29)18-5-7-20(30-2)8-6-18;/h3-8,13,22H,9-12,15-16H2,1-2H3,(H2,26,27,28);1H. The van der Waals surface area contributed by atoms with Crippen LogP contribution >= 0.6 is 24.0 Å². The maximum atomic E-state index is 14.2. The summed E-state index contributed by atoms with van der Waals surface area (Å²) in [6.07, 6.45) is 0. The topological polar surface area (TPSA) is 81.9 Å². The molecule has 9 heteroatoms. The molecule has 0 amide bonds. The van der Waals surface area contributed by atoms with Crippen LogP contribution in [0.5, 0.6) is 5.75 Å². The van der Waals surface area contributed by atoms with E-state index in [1.165, 1.54) is 11.6 Å². The highest BCUT2D eigenvalue weighted by Crippen LogP contribution is 2.23. The lowest BCUT2D eigenvalue weighted by Gasteiger charge is -2.35. The number of morpholine rings is 1. The molecule has 7 nitrogen and oxygen atoms in total. The highest BCUT2D eigenvalue weighted by Gasteiger charge is 2.23. The van der Waals surface area contributed by atoms with Gasteiger partial charge in [-0.3, -0.25) is 9.89 Å². The molecule has 0 saturated carbocycles. The second kappa shape index (κ2) is 13.2. The van der Waals surface area contributed by atoms with Gasteiger partial charge in [0.15, 0.2) is 5.96 Å². The van der Waals surface area contributed by atoms with E-state index in [1.807, 2.05) is 18.2 Å². The maximum Gasteiger partial charge on any atom is 0.191 e. The average Bonchev–Trinajstić information content (AvgIpc) is 2.82. The largest absolute Gasteiger partial charge is 0.497 e. The Labute approximate surface area is 205 Å². The third-order valence-corrected chi connectivity index (χ3v) is 5.30. The Morgan fingerprint density at radius 1 is 1.22 bits per heavy atom. The summed E-state index contributed by atoms with van der Waals surface area (Å²) >= 11 is 0. The molecule has 1 unspecified atom stereocenters. The lowest BCUT2D eigenvalue weighted by Crippen LogP contribution is -2.46. The first-order valence-electron chi connectivity index (χ1n) is 10.2. The van der Waals surface area contributed by atoms with Crippen molar-refractivity contribution in [3.63, 3.8) is 0 Å². The van der Waals surface area contributed by atoms with Crippen LogP contribution in [0.3, 0.4) is 0 Å². The molecule has 2 aromatic carbocycles. The van der Waals surface area contributed by atoms with E-state index in [1.54, 1.807) is 26.3 Å². The normalized spacial score (nSPS) is 15.2. The van der Waals surface area contributed by atoms with Crippen molar-refractivity contribution < 1.29 is 13.9 Å². The van der Waals surface area contributed by atoms with Crippen molar-refractivity contribution in [3.05, 3.63) is 65.0 Å². The number of hydrogen-bond acceptors (Lipinski definition) is 5. The molecule has 1 aliphatic heterocycles. The summed E-state index contributed by atoms with van der Waals surface area (Å²) in [6, 6.07) is 14.6. The fourth-order valence-electron chi connectivity index (χ4n) is 3.53. The van der Waals surface area contributed by atoms with E-state index in [0.717, 1.165) is 18.8 Å². The van der Waals surface area contributed by atoms with Crippen molar-refractivity contribution in [2.75, 3.05) is 47.0 Å². The highest BCUT2D eigenvalue weighted by molar-refractivity contribution is 14.0. The zero-order valence-corrected chi connectivity index (χ0v) is 20.6. The van der Waals surface area contributed by atoms with Crippen LogP contribution in [-0.4, -0.2) is 57.9 Å². The molecule has 0 radical (unpaired) electrons. The minimum atomic E-state index is -0.411. The van der Waals surface area contributed by atoms with Gasteiger partial charge in [0.25, 0.3) is 0 Å². The number of nitriles is 1. The fourth-order valence-corrected chi connectivity index (χ4v) is 3.53. The van der Waals surface area contributed by atoms with Crippen LogP contribution in [-0.2, 0) is 11.3 Å². The molecule has 3 rings (SSSR count). The van der Waals surface area contributed by atoms with Crippen LogP contribution < -0.4 is 15.4 Å². The number of methoxy groups -OCH3 is 1. The van der Waals surface area contributed by atoms with E-state index in [2.05, 4.69) is 32.7 Å². The van der Waals surface area contributed by atoms with Gasteiger partial charge < -0.3 is 20.1 Å². The molecular formula is C23H29FIN5O2. The first kappa shape index (κ1) is 25.8. The van der Waals surface area contributed by atoms with Crippen LogP contribution in [0, 0.1) is 17.1 Å². The monoisotopic (exact) mass is 553 g/mol. The van der Waals surface area contributed by atoms with E-state index in [9.17, 15) is 4.39 Å². The van der Waals surface area contributed by atoms with Crippen molar-refractivity contribution in [2.24, 2.45) is 4.99 Å². The summed E-state index contributed by atoms with van der Waals surface area (Å²) in [6.45, 7) is 4.00. The molecule has 1 fully saturated rings. The molecule has 1 heterocycles. The number of benzene rings is 2. The second-order valence-electron chi connectivity index (χ2n) is 7.16. The molecule has 0 spiro atoms. The Morgan fingerprint density at radius 2 is 1.94 bits per heavy atom. The van der Waals surface area contributed by atoms with E-state index < -0.39 is 5.82 Å². The molecule has 32 heavy (non-hydrogen) atoms. The summed E-state index contributed by atoms with van der Waals surface area (Å²) in [4.78, 5) is 6.64. The van der Waals surface area contributed by atoms with Crippen molar-refractivity contribution in [2.45, 2.75) is 12.6 Å². The van der Waals surface area contributed by atoms with Gasteiger partial charge in [-0.25, -0.2) is 4.39 Å². The Kier molecular flexibility index (Phi) is 10.7. The number of guanidine groups is 1. The second-order valence-corrected chi connectivity index (χ2v) is 7.16. The molecule has 0 bridgehead atoms. The molecule has 0 aliphatic carbocycles. The van der Waals surface area contributed by atoms with Gasteiger partial charge in [-0.15, -0.1) is 24.0 Å². The smallest absolute Gasteiger partial charge is 0.191 e. The Morgan fingerprint density at radius 3 is 2.53 bits per heavy atom. The van der Waals surface area contributed by atoms with Gasteiger partial charge in [0.1, 0.15) is 11.6 Å². The van der Waals surface area contributed by atoms with Crippen molar-refractivity contribution in [3.8, 4) is 11.8 Å². The van der Waals surface area contributed by atoms with Gasteiger partial charge in [0.2, 0.25) is 0 Å². The quantitative estimate of drug-likeness (QED) is 0.312. The number of nitrogens with zero attached hydrogens (tertiary/aromatic N) is 3. The number of nitrogens with one attached hydrogen (secondary N) is 2. The summed E-state index contributed by atoms with van der Waals surface area (Å²) in [5.74, 6) is 0.987. The van der Waals surface area contributed by atoms with Crippen LogP contribution in [0.2, 0.25) is 0 Å². The Bertz CT molecular complexity index is 927. The molecule has 172 valence electrons. The summed E-state index contributed by atoms with van der Waals surface area (Å²) in [5, 5.41) is 15.4. The van der Waals surface area contributed by atoms with E-state index in [4.69, 9.17) is 14.7 Å². The lowest BCUT2D eigenvalue weighted by atomic mass is 10.0. The van der Waals surface area contributed by atoms with Gasteiger partial charge in [-0.2, -0.15) is 5.26 Å². The predicted molar refractivity (Wildman–Crippen MR) is 133 cm³/mol. The first-order valence-corrected chi connectivity index (χ1v) is 10.2. The number of halogens is 2. The average molecular weight is 553 g/mol. The SMILES string of the molecule is CN=C(NCc1ccc(C#N)cc1F)NCC(c1ccc(OC)cc1)N1CCOCC1.I. The fraction of sp³-hybridized carbons (Fsp3) is 0.391. The van der Waals surface area contributed by atoms with E-state index in [0.29, 0.717) is 36.8 Å². The van der Waals surface area contributed by atoms with E-state index >= 15 is 0 Å². The minimum absolute atomic E-state index is 0. The third kappa shape index (κ3) is 7.05. The van der Waals surface area contributed by atoms with Gasteiger partial charge in [0.05, 0.1) is 38.0 Å². The summed E-state index contributed by atoms with van der Waals surface area (Å²) in [5.41, 5.74) is 1.95. The van der Waals surface area contributed by atoms with Crippen LogP contribution in [0.1, 0.15) is 22.7 Å². The Hall–Kier alpha value is -2.42. The van der Waals surface area contributed by atoms with Crippen molar-refractivity contribution >= 4 is 29.9 Å². The predicted octanol–water partition coefficient (Wildman–Crippen LogP) is 3.06. The molecular weight excluding hydrogens is 524 g/mol. The number of rotatable bonds is 7. The van der Waals surface area contributed by atoms with Crippen LogP contribution in [0.4, 0.5) is 4.39 Å². The zero-order chi connectivity index (χ0) is 22.1. The van der Waals surface area contributed by atoms with Gasteiger partial charge in [-0.05, 0) is 29.8 Å². The van der Waals surface area contributed by atoms with Crippen molar-refractivity contribution in [1.29, 1.82) is 5.26 Å². The number of ether oxygens (including phenoxy) is 2. The van der Waals surface area contributed by atoms with Crippen molar-refractivity contribution in [1.82, 2.24) is 15.5 Å². The molecule has 1 aliphatic rings. The minimum Gasteiger partial charge on any atom is -0.497 e. The molecule has 2 aromatic rings. The van der Waals surface area contributed by atoms with Gasteiger partial charge in [-0.1, -0.05) is 18.2 Å². The van der Waals surface area contributed by atoms with Crippen LogP contribution in [0.15, 0.2) is 47.5 Å².